The van der Waals surface area contributed by atoms with Gasteiger partial charge in [-0.25, -0.2) is 9.59 Å². The minimum absolute atomic E-state index is 0.353. The molecule has 0 unspecified atom stereocenters. The first kappa shape index (κ1) is 19.0. The van der Waals surface area contributed by atoms with E-state index in [0.717, 1.165) is 25.2 Å². The van der Waals surface area contributed by atoms with Gasteiger partial charge in [-0.2, -0.15) is 0 Å². The number of ether oxygens (including phenoxy) is 2. The number of carbonyl (C=O) groups excluding carboxylic acids is 2. The molecule has 6 heteroatoms. The molecular formula is C17H26N2O4. The molecule has 23 heavy (non-hydrogen) atoms. The highest BCUT2D eigenvalue weighted by Crippen LogP contribution is 2.08. The first-order valence-corrected chi connectivity index (χ1v) is 7.79. The van der Waals surface area contributed by atoms with E-state index in [2.05, 4.69) is 23.5 Å². The molecule has 0 aliphatic heterocycles. The minimum Gasteiger partial charge on any atom is -0.465 e. The first-order valence-electron chi connectivity index (χ1n) is 7.79. The van der Waals surface area contributed by atoms with Crippen molar-refractivity contribution in [2.75, 3.05) is 40.4 Å². The van der Waals surface area contributed by atoms with Gasteiger partial charge in [0.05, 0.1) is 12.7 Å². The van der Waals surface area contributed by atoms with Gasteiger partial charge in [-0.15, -0.1) is 0 Å². The highest BCUT2D eigenvalue weighted by molar-refractivity contribution is 5.89. The Morgan fingerprint density at radius 2 is 1.70 bits per heavy atom. The molecule has 1 amide bonds. The van der Waals surface area contributed by atoms with Crippen molar-refractivity contribution in [3.8, 4) is 0 Å². The average Bonchev–Trinajstić information content (AvgIpc) is 2.58. The molecule has 1 aromatic carbocycles. The van der Waals surface area contributed by atoms with Gasteiger partial charge in [-0.1, -0.05) is 26.0 Å². The van der Waals surface area contributed by atoms with Gasteiger partial charge in [0, 0.05) is 20.1 Å². The van der Waals surface area contributed by atoms with Gasteiger partial charge < -0.3 is 19.3 Å². The number of esters is 1. The SMILES string of the molecule is CCN(CC)CCOC(=O)N(C)Cc1ccc(C(=O)OC)cc1. The number of benzene rings is 1. The summed E-state index contributed by atoms with van der Waals surface area (Å²) in [5, 5.41) is 0. The van der Waals surface area contributed by atoms with Crippen LogP contribution in [0.15, 0.2) is 24.3 Å². The number of carbonyl (C=O) groups is 2. The summed E-state index contributed by atoms with van der Waals surface area (Å²) in [5.74, 6) is -0.374. The van der Waals surface area contributed by atoms with Crippen LogP contribution in [-0.4, -0.2) is 62.3 Å². The Kier molecular flexibility index (Phi) is 8.11. The lowest BCUT2D eigenvalue weighted by Gasteiger charge is -2.20. The fourth-order valence-electron chi connectivity index (χ4n) is 2.11. The molecular weight excluding hydrogens is 296 g/mol. The van der Waals surface area contributed by atoms with Crippen molar-refractivity contribution in [1.29, 1.82) is 0 Å². The molecule has 0 atom stereocenters. The molecule has 0 saturated heterocycles. The Bertz CT molecular complexity index is 498. The summed E-state index contributed by atoms with van der Waals surface area (Å²) in [6.45, 7) is 7.58. The van der Waals surface area contributed by atoms with E-state index in [9.17, 15) is 9.59 Å². The van der Waals surface area contributed by atoms with Crippen LogP contribution in [0.1, 0.15) is 29.8 Å². The van der Waals surface area contributed by atoms with Crippen LogP contribution >= 0.6 is 0 Å². The number of amides is 1. The lowest BCUT2D eigenvalue weighted by molar-refractivity contribution is 0.0600. The molecule has 0 saturated carbocycles. The van der Waals surface area contributed by atoms with Crippen molar-refractivity contribution >= 4 is 12.1 Å². The highest BCUT2D eigenvalue weighted by Gasteiger charge is 2.12. The maximum Gasteiger partial charge on any atom is 0.409 e. The van der Waals surface area contributed by atoms with Crippen LogP contribution in [-0.2, 0) is 16.0 Å². The van der Waals surface area contributed by atoms with E-state index in [1.54, 1.807) is 31.3 Å². The van der Waals surface area contributed by atoms with E-state index >= 15 is 0 Å². The Hall–Kier alpha value is -2.08. The fourth-order valence-corrected chi connectivity index (χ4v) is 2.11. The van der Waals surface area contributed by atoms with Gasteiger partial charge in [-0.3, -0.25) is 0 Å². The summed E-state index contributed by atoms with van der Waals surface area (Å²) in [7, 11) is 3.03. The van der Waals surface area contributed by atoms with E-state index < -0.39 is 0 Å². The van der Waals surface area contributed by atoms with Crippen molar-refractivity contribution in [2.45, 2.75) is 20.4 Å². The highest BCUT2D eigenvalue weighted by atomic mass is 16.6. The monoisotopic (exact) mass is 322 g/mol. The van der Waals surface area contributed by atoms with Gasteiger partial charge in [0.2, 0.25) is 0 Å². The first-order chi connectivity index (χ1) is 11.0. The van der Waals surface area contributed by atoms with E-state index in [4.69, 9.17) is 4.74 Å². The third kappa shape index (κ3) is 6.28. The van der Waals surface area contributed by atoms with Crippen molar-refractivity contribution in [3.05, 3.63) is 35.4 Å². The number of methoxy groups -OCH3 is 1. The standard InChI is InChI=1S/C17H26N2O4/c1-5-19(6-2)11-12-23-17(21)18(3)13-14-7-9-15(10-8-14)16(20)22-4/h7-10H,5-6,11-13H2,1-4H3. The maximum atomic E-state index is 11.9. The molecule has 1 rings (SSSR count). The molecule has 0 aromatic heterocycles. The van der Waals surface area contributed by atoms with E-state index in [0.29, 0.717) is 18.7 Å². The zero-order chi connectivity index (χ0) is 17.2. The second-order valence-corrected chi connectivity index (χ2v) is 5.19. The van der Waals surface area contributed by atoms with Crippen LogP contribution in [0.4, 0.5) is 4.79 Å². The molecule has 0 heterocycles. The molecule has 0 radical (unpaired) electrons. The lowest BCUT2D eigenvalue weighted by Crippen LogP contribution is -2.32. The summed E-state index contributed by atoms with van der Waals surface area (Å²) in [4.78, 5) is 27.0. The molecule has 0 spiro atoms. The number of rotatable bonds is 8. The summed E-state index contributed by atoms with van der Waals surface area (Å²) in [5.41, 5.74) is 1.40. The van der Waals surface area contributed by atoms with Crippen molar-refractivity contribution in [2.24, 2.45) is 0 Å². The van der Waals surface area contributed by atoms with Crippen molar-refractivity contribution in [3.63, 3.8) is 0 Å². The predicted molar refractivity (Wildman–Crippen MR) is 88.4 cm³/mol. The van der Waals surface area contributed by atoms with E-state index in [-0.39, 0.29) is 12.1 Å². The maximum absolute atomic E-state index is 11.9. The summed E-state index contributed by atoms with van der Waals surface area (Å²) < 4.78 is 9.91. The average molecular weight is 322 g/mol. The number of hydrogen-bond donors (Lipinski definition) is 0. The molecule has 6 nitrogen and oxygen atoms in total. The van der Waals surface area contributed by atoms with E-state index in [1.165, 1.54) is 12.0 Å². The molecule has 0 aliphatic carbocycles. The van der Waals surface area contributed by atoms with Crippen molar-refractivity contribution < 1.29 is 19.1 Å². The van der Waals surface area contributed by atoms with Crippen LogP contribution in [0.25, 0.3) is 0 Å². The third-order valence-electron chi connectivity index (χ3n) is 3.63. The number of hydrogen-bond acceptors (Lipinski definition) is 5. The van der Waals surface area contributed by atoms with Crippen LogP contribution in [0.5, 0.6) is 0 Å². The summed E-state index contributed by atoms with van der Waals surface area (Å²) >= 11 is 0. The van der Waals surface area contributed by atoms with Gasteiger partial charge in [0.15, 0.2) is 0 Å². The molecule has 0 bridgehead atoms. The topological polar surface area (TPSA) is 59.1 Å². The normalized spacial score (nSPS) is 10.5. The Labute approximate surface area is 138 Å². The van der Waals surface area contributed by atoms with Gasteiger partial charge in [0.1, 0.15) is 6.61 Å². The molecule has 128 valence electrons. The molecule has 0 N–H and O–H groups in total. The second kappa shape index (κ2) is 9.84. The smallest absolute Gasteiger partial charge is 0.409 e. The van der Waals surface area contributed by atoms with Crippen LogP contribution in [0.3, 0.4) is 0 Å². The molecule has 0 fully saturated rings. The second-order valence-electron chi connectivity index (χ2n) is 5.19. The van der Waals surface area contributed by atoms with Crippen LogP contribution < -0.4 is 0 Å². The predicted octanol–water partition coefficient (Wildman–Crippen LogP) is 2.38. The number of nitrogens with zero attached hydrogens (tertiary/aromatic N) is 2. The Morgan fingerprint density at radius 1 is 1.09 bits per heavy atom. The summed E-state index contributed by atoms with van der Waals surface area (Å²) in [6.07, 6.45) is -0.353. The fraction of sp³-hybridized carbons (Fsp3) is 0.529. The molecule has 1 aromatic rings. The van der Waals surface area contributed by atoms with E-state index in [1.807, 2.05) is 0 Å². The van der Waals surface area contributed by atoms with Crippen LogP contribution in [0.2, 0.25) is 0 Å². The zero-order valence-corrected chi connectivity index (χ0v) is 14.4. The summed E-state index contributed by atoms with van der Waals surface area (Å²) in [6, 6.07) is 6.96. The lowest BCUT2D eigenvalue weighted by atomic mass is 10.1. The van der Waals surface area contributed by atoms with Gasteiger partial charge in [-0.05, 0) is 30.8 Å². The molecule has 0 aliphatic rings. The zero-order valence-electron chi connectivity index (χ0n) is 14.4. The van der Waals surface area contributed by atoms with Crippen LogP contribution in [0, 0.1) is 0 Å². The quantitative estimate of drug-likeness (QED) is 0.688. The van der Waals surface area contributed by atoms with Gasteiger partial charge >= 0.3 is 12.1 Å². The largest absolute Gasteiger partial charge is 0.465 e. The minimum atomic E-state index is -0.374. The van der Waals surface area contributed by atoms with Crippen molar-refractivity contribution in [1.82, 2.24) is 9.80 Å². The number of likely N-dealkylation sites (N-methyl/N-ethyl adjacent to an activating group) is 1. The third-order valence-corrected chi connectivity index (χ3v) is 3.63. The van der Waals surface area contributed by atoms with Gasteiger partial charge in [0.25, 0.3) is 0 Å². The Balaban J connectivity index is 2.44. The Morgan fingerprint density at radius 3 is 2.22 bits per heavy atom.